The zero-order chi connectivity index (χ0) is 30.6. The molecule has 0 aliphatic carbocycles. The van der Waals surface area contributed by atoms with Gasteiger partial charge in [0.25, 0.3) is 0 Å². The molecule has 4 N–H and O–H groups in total. The lowest BCUT2D eigenvalue weighted by Crippen LogP contribution is -2.51. The van der Waals surface area contributed by atoms with Crippen LogP contribution in [0.25, 0.3) is 0 Å². The van der Waals surface area contributed by atoms with Gasteiger partial charge in [-0.3, -0.25) is 0 Å². The molecule has 4 atom stereocenters. The van der Waals surface area contributed by atoms with Crippen LogP contribution < -0.4 is 11.5 Å². The van der Waals surface area contributed by atoms with Crippen molar-refractivity contribution in [1.82, 2.24) is 4.31 Å². The van der Waals surface area contributed by atoms with Crippen molar-refractivity contribution in [2.75, 3.05) is 6.61 Å². The van der Waals surface area contributed by atoms with Gasteiger partial charge in [0, 0.05) is 6.08 Å². The minimum atomic E-state index is -4.60. The Kier molecular flexibility index (Phi) is 8.41. The molecule has 3 aromatic rings. The molecular weight excluding hydrogens is 580 g/mol. The van der Waals surface area contributed by atoms with Crippen LogP contribution in [0, 0.1) is 0 Å². The van der Waals surface area contributed by atoms with Crippen LogP contribution in [0.1, 0.15) is 31.1 Å². The molecule has 5 rings (SSSR count). The molecule has 0 spiro atoms. The van der Waals surface area contributed by atoms with E-state index in [4.69, 9.17) is 30.4 Å². The third-order valence-corrected chi connectivity index (χ3v) is 7.79. The second kappa shape index (κ2) is 12.3. The molecule has 0 saturated carbocycles. The summed E-state index contributed by atoms with van der Waals surface area (Å²) in [6.07, 6.45) is -5.00. The van der Waals surface area contributed by atoms with Gasteiger partial charge in [-0.1, -0.05) is 54.6 Å². The van der Waals surface area contributed by atoms with Crippen LogP contribution in [0.2, 0.25) is 0 Å². The predicted molar refractivity (Wildman–Crippen MR) is 151 cm³/mol. The molecule has 13 nitrogen and oxygen atoms in total. The van der Waals surface area contributed by atoms with Crippen LogP contribution in [0.5, 0.6) is 0 Å². The van der Waals surface area contributed by atoms with Gasteiger partial charge in [-0.2, -0.15) is 8.42 Å². The van der Waals surface area contributed by atoms with Crippen LogP contribution >= 0.6 is 0 Å². The largest absolute Gasteiger partial charge is 0.459 e. The van der Waals surface area contributed by atoms with E-state index in [-0.39, 0.29) is 22.5 Å². The number of amidine groups is 1. The maximum absolute atomic E-state index is 13.2. The number of carbonyl (C=O) groups is 3. The Hall–Kier alpha value is -5.21. The molecule has 222 valence electrons. The monoisotopic (exact) mass is 606 g/mol. The second-order valence-corrected chi connectivity index (χ2v) is 10.8. The number of nitrogens with zero attached hydrogens (tertiary/aromatic N) is 2. The van der Waals surface area contributed by atoms with Crippen molar-refractivity contribution in [3.63, 3.8) is 0 Å². The highest BCUT2D eigenvalue weighted by Gasteiger charge is 2.55. The summed E-state index contributed by atoms with van der Waals surface area (Å²) in [7, 11) is -4.60. The van der Waals surface area contributed by atoms with Crippen LogP contribution in [-0.4, -0.2) is 67.6 Å². The summed E-state index contributed by atoms with van der Waals surface area (Å²) >= 11 is 0. The molecule has 3 aromatic carbocycles. The average molecular weight is 607 g/mol. The van der Waals surface area contributed by atoms with Gasteiger partial charge in [0.15, 0.2) is 18.4 Å². The lowest BCUT2D eigenvalue weighted by molar-refractivity contribution is -0.0661. The topological polar surface area (TPSA) is 190 Å². The second-order valence-electron chi connectivity index (χ2n) is 9.36. The summed E-state index contributed by atoms with van der Waals surface area (Å²) in [5, 5.41) is 0. The van der Waals surface area contributed by atoms with Crippen molar-refractivity contribution in [3.05, 3.63) is 120 Å². The summed E-state index contributed by atoms with van der Waals surface area (Å²) < 4.78 is 53.2. The smallest absolute Gasteiger partial charge is 0.350 e. The average Bonchev–Trinajstić information content (AvgIpc) is 3.31. The van der Waals surface area contributed by atoms with Gasteiger partial charge in [-0.05, 0) is 36.4 Å². The Bertz CT molecular complexity index is 1670. The van der Waals surface area contributed by atoms with E-state index in [2.05, 4.69) is 4.40 Å². The third kappa shape index (κ3) is 6.50. The molecular formula is C29H26N4O9S. The van der Waals surface area contributed by atoms with Gasteiger partial charge in [-0.25, -0.2) is 18.7 Å². The fraction of sp³-hybridized carbons (Fsp3) is 0.172. The standard InChI is InChI=1S/C29H26N4O9S/c30-22-16-23(31)33(43(37,38)32-22)26-25(42-29(36)20-14-8-3-9-15-20)24(41-28(35)19-12-6-2-7-13-19)21(40-26)17-39-27(34)18-10-4-1-5-11-18/h1-16,21,24-26H,17,31H2,(H2,30,32)/t21-,24-,25-,26+/m1/s1. The molecule has 0 aromatic heterocycles. The molecule has 0 amide bonds. The van der Waals surface area contributed by atoms with Gasteiger partial charge in [0.05, 0.1) is 16.7 Å². The Labute approximate surface area is 246 Å². The van der Waals surface area contributed by atoms with E-state index in [1.54, 1.807) is 54.6 Å². The first kappa shape index (κ1) is 29.3. The minimum absolute atomic E-state index is 0.126. The van der Waals surface area contributed by atoms with Crippen molar-refractivity contribution in [2.24, 2.45) is 15.9 Å². The van der Waals surface area contributed by atoms with Crippen LogP contribution in [0.3, 0.4) is 0 Å². The van der Waals surface area contributed by atoms with Gasteiger partial charge in [0.2, 0.25) is 0 Å². The van der Waals surface area contributed by atoms with E-state index in [9.17, 15) is 22.8 Å². The lowest BCUT2D eigenvalue weighted by Gasteiger charge is -2.32. The fourth-order valence-electron chi connectivity index (χ4n) is 4.48. The number of benzene rings is 3. The number of hydrogen-bond donors (Lipinski definition) is 2. The van der Waals surface area contributed by atoms with E-state index in [0.29, 0.717) is 4.31 Å². The van der Waals surface area contributed by atoms with Crippen molar-refractivity contribution in [2.45, 2.75) is 24.5 Å². The Morgan fingerprint density at radius 1 is 0.744 bits per heavy atom. The molecule has 2 aliphatic rings. The van der Waals surface area contributed by atoms with E-state index in [1.165, 1.54) is 36.4 Å². The van der Waals surface area contributed by atoms with Gasteiger partial charge < -0.3 is 30.4 Å². The fourth-order valence-corrected chi connectivity index (χ4v) is 5.63. The third-order valence-electron chi connectivity index (χ3n) is 6.43. The van der Waals surface area contributed by atoms with Gasteiger partial charge in [-0.15, -0.1) is 4.40 Å². The van der Waals surface area contributed by atoms with E-state index in [0.717, 1.165) is 6.08 Å². The predicted octanol–water partition coefficient (Wildman–Crippen LogP) is 1.74. The Morgan fingerprint density at radius 3 is 1.70 bits per heavy atom. The van der Waals surface area contributed by atoms with Crippen LogP contribution in [0.15, 0.2) is 107 Å². The normalized spacial score (nSPS) is 22.6. The van der Waals surface area contributed by atoms with Crippen molar-refractivity contribution in [3.8, 4) is 0 Å². The highest BCUT2D eigenvalue weighted by Crippen LogP contribution is 2.34. The zero-order valence-electron chi connectivity index (χ0n) is 22.4. The summed E-state index contributed by atoms with van der Waals surface area (Å²) in [6.45, 7) is -0.515. The van der Waals surface area contributed by atoms with E-state index < -0.39 is 65.1 Å². The first-order chi connectivity index (χ1) is 20.6. The van der Waals surface area contributed by atoms with Crippen molar-refractivity contribution < 1.29 is 41.7 Å². The van der Waals surface area contributed by atoms with Gasteiger partial charge in [0.1, 0.15) is 24.4 Å². The minimum Gasteiger partial charge on any atom is -0.459 e. The molecule has 43 heavy (non-hydrogen) atoms. The van der Waals surface area contributed by atoms with E-state index >= 15 is 0 Å². The molecule has 2 heterocycles. The van der Waals surface area contributed by atoms with Crippen molar-refractivity contribution >= 4 is 34.0 Å². The van der Waals surface area contributed by atoms with E-state index in [1.807, 2.05) is 0 Å². The number of nitrogens with two attached hydrogens (primary N) is 2. The SMILES string of the molecule is NC1=CC(N)=NS(=O)(=O)N1[C@H]1O[C@H](COC(=O)c2ccccc2)[C@@H](OC(=O)c2ccccc2)[C@H]1OC(=O)c1ccccc1. The maximum atomic E-state index is 13.2. The molecule has 0 unspecified atom stereocenters. The Morgan fingerprint density at radius 2 is 1.21 bits per heavy atom. The molecule has 14 heteroatoms. The van der Waals surface area contributed by atoms with Gasteiger partial charge >= 0.3 is 28.1 Å². The van der Waals surface area contributed by atoms with Crippen LogP contribution in [0.4, 0.5) is 0 Å². The van der Waals surface area contributed by atoms with Crippen molar-refractivity contribution in [1.29, 1.82) is 0 Å². The highest BCUT2D eigenvalue weighted by molar-refractivity contribution is 7.88. The highest BCUT2D eigenvalue weighted by atomic mass is 32.2. The molecule has 2 aliphatic heterocycles. The zero-order valence-corrected chi connectivity index (χ0v) is 23.2. The molecule has 0 bridgehead atoms. The first-order valence-corrected chi connectivity index (χ1v) is 14.3. The first-order valence-electron chi connectivity index (χ1n) is 12.9. The number of esters is 3. The molecule has 1 saturated heterocycles. The lowest BCUT2D eigenvalue weighted by atomic mass is 10.1. The maximum Gasteiger partial charge on any atom is 0.350 e. The summed E-state index contributed by atoms with van der Waals surface area (Å²) in [5.74, 6) is -3.21. The number of ether oxygens (including phenoxy) is 4. The number of rotatable bonds is 8. The number of carbonyl (C=O) groups excluding carboxylic acids is 3. The molecule has 0 radical (unpaired) electrons. The Balaban J connectivity index is 1.52. The quantitative estimate of drug-likeness (QED) is 0.281. The summed E-state index contributed by atoms with van der Waals surface area (Å²) in [5.41, 5.74) is 12.2. The summed E-state index contributed by atoms with van der Waals surface area (Å²) in [4.78, 5) is 39.1. The number of hydrogen-bond acceptors (Lipinski definition) is 11. The molecule has 1 fully saturated rings. The summed E-state index contributed by atoms with van der Waals surface area (Å²) in [6, 6.07) is 23.9. The van der Waals surface area contributed by atoms with Crippen LogP contribution in [-0.2, 0) is 29.2 Å².